The van der Waals surface area contributed by atoms with Crippen molar-refractivity contribution in [1.82, 2.24) is 29.9 Å². The number of phosphoric acid groups is 1. The van der Waals surface area contributed by atoms with Crippen LogP contribution in [0.2, 0.25) is 5.02 Å². The molecule has 5 aromatic rings. The number of thioether (sulfide) groups is 1. The average Bonchev–Trinajstić information content (AvgIpc) is 3.90. The number of amides is 2. The predicted octanol–water partition coefficient (Wildman–Crippen LogP) is 8.85. The van der Waals surface area contributed by atoms with Crippen LogP contribution in [0.1, 0.15) is 73.1 Å². The monoisotopic (exact) mass is 1130 g/mol. The number of fused-ring (bicyclic) bond motifs is 2. The van der Waals surface area contributed by atoms with Crippen LogP contribution in [-0.4, -0.2) is 93.3 Å². The van der Waals surface area contributed by atoms with Crippen molar-refractivity contribution in [2.45, 2.75) is 81.7 Å². The summed E-state index contributed by atoms with van der Waals surface area (Å²) in [6, 6.07) is 5.24. The highest BCUT2D eigenvalue weighted by Crippen LogP contribution is 2.52. The number of phosphoric ester groups is 1. The number of esters is 1. The van der Waals surface area contributed by atoms with E-state index in [1.54, 1.807) is 20.1 Å². The van der Waals surface area contributed by atoms with Crippen LogP contribution in [-0.2, 0) is 70.7 Å². The number of ether oxygens (including phenoxy) is 2. The second kappa shape index (κ2) is 21.8. The van der Waals surface area contributed by atoms with Gasteiger partial charge in [-0.05, 0) is 74.3 Å². The van der Waals surface area contributed by atoms with Crippen molar-refractivity contribution >= 4 is 76.9 Å². The van der Waals surface area contributed by atoms with Crippen molar-refractivity contribution in [3.05, 3.63) is 93.0 Å². The van der Waals surface area contributed by atoms with Crippen LogP contribution in [0.25, 0.3) is 22.0 Å². The Kier molecular flexibility index (Phi) is 17.0. The third-order valence-electron chi connectivity index (χ3n) is 10.7. The summed E-state index contributed by atoms with van der Waals surface area (Å²) < 4.78 is 184. The quantitative estimate of drug-likeness (QED) is 0.0277. The summed E-state index contributed by atoms with van der Waals surface area (Å²) in [5, 5.41) is 8.79. The molecule has 1 aliphatic rings. The molecule has 74 heavy (non-hydrogen) atoms. The van der Waals surface area contributed by atoms with E-state index >= 15 is 8.78 Å². The second-order valence-electron chi connectivity index (χ2n) is 16.7. The van der Waals surface area contributed by atoms with Crippen molar-refractivity contribution in [1.29, 1.82) is 0 Å². The molecule has 3 heterocycles. The van der Waals surface area contributed by atoms with E-state index in [1.165, 1.54) is 23.9 Å². The number of nitrogens with zero attached hydrogens (tertiary/aromatic N) is 6. The Hall–Kier alpha value is -5.76. The molecule has 1 aliphatic carbocycles. The van der Waals surface area contributed by atoms with E-state index in [1.807, 2.05) is 0 Å². The lowest BCUT2D eigenvalue weighted by atomic mass is 9.93. The fourth-order valence-electron chi connectivity index (χ4n) is 7.70. The number of hydrogen-bond acceptors (Lipinski definition) is 12. The van der Waals surface area contributed by atoms with Gasteiger partial charge in [0.05, 0.1) is 32.4 Å². The molecule has 17 nitrogen and oxygen atoms in total. The molecule has 0 saturated heterocycles. The molecule has 0 radical (unpaired) electrons. The molecule has 0 aliphatic heterocycles. The number of rotatable bonds is 16. The molecular formula is C43H39ClF10N7O10PS2. The van der Waals surface area contributed by atoms with Crippen LogP contribution in [0.4, 0.5) is 54.5 Å². The minimum atomic E-state index is -5.23. The van der Waals surface area contributed by atoms with Gasteiger partial charge >= 0.3 is 32.2 Å². The van der Waals surface area contributed by atoms with E-state index in [0.717, 1.165) is 37.4 Å². The number of anilines is 1. The summed E-state index contributed by atoms with van der Waals surface area (Å²) in [7, 11) is -7.74. The zero-order chi connectivity index (χ0) is 55.0. The van der Waals surface area contributed by atoms with Crippen molar-refractivity contribution in [2.75, 3.05) is 30.2 Å². The molecule has 31 heteroatoms. The van der Waals surface area contributed by atoms with Gasteiger partial charge in [-0.25, -0.2) is 36.7 Å². The Morgan fingerprint density at radius 3 is 2.27 bits per heavy atom. The number of aromatic nitrogens is 5. The first-order chi connectivity index (χ1) is 34.2. The lowest BCUT2D eigenvalue weighted by molar-refractivity contribution is -0.154. The minimum Gasteiger partial charge on any atom is -0.436 e. The van der Waals surface area contributed by atoms with Crippen LogP contribution >= 0.6 is 31.2 Å². The van der Waals surface area contributed by atoms with E-state index in [2.05, 4.69) is 41.6 Å². The maximum absolute atomic E-state index is 15.4. The molecule has 2 aromatic carbocycles. The van der Waals surface area contributed by atoms with Gasteiger partial charge in [0.15, 0.2) is 18.1 Å². The molecule has 2 amide bonds. The van der Waals surface area contributed by atoms with E-state index in [0.29, 0.717) is 10.7 Å². The Labute approximate surface area is 424 Å². The number of alkyl halides is 8. The van der Waals surface area contributed by atoms with Gasteiger partial charge in [0.1, 0.15) is 47.1 Å². The molecule has 0 saturated carbocycles. The first-order valence-corrected chi connectivity index (χ1v) is 25.7. The fourth-order valence-corrected chi connectivity index (χ4v) is 8.91. The topological polar surface area (TPSA) is 217 Å². The third kappa shape index (κ3) is 13.7. The summed E-state index contributed by atoms with van der Waals surface area (Å²) in [5.74, 6) is -5.31. The summed E-state index contributed by atoms with van der Waals surface area (Å²) in [6.07, 6.45) is -11.2. The summed E-state index contributed by atoms with van der Waals surface area (Å²) in [6.45, 7) is -1.30. The standard InChI is InChI=1S/C43H39ClF10N7O10PS2/c1-21-16-41(47,48)37-32(21)36(43(52,53)54)57-59(37)17-30(62)56-29(14-22-12-23(45)15-24(46)13-22)34-26(7-6-25(55-34)10-11-40(2,3)73-4)27-8-9-28(44)33-35(27)60(19-42(49,50)51)58-38(33)61(74(5)68)39(64)69-18-31(63)70-20-71-72(65,66)67/h6-9,12-13,15,21,29H,14,16-20H2,1-5H3,(H,56,62)(H2,65,66,67)/t21-,29?,74?/m0/s1. The highest BCUT2D eigenvalue weighted by molar-refractivity contribution is 8.00. The molecule has 3 aromatic heterocycles. The van der Waals surface area contributed by atoms with Crippen molar-refractivity contribution in [2.24, 2.45) is 0 Å². The molecule has 3 atom stereocenters. The highest BCUT2D eigenvalue weighted by atomic mass is 35.5. The molecule has 2 unspecified atom stereocenters. The van der Waals surface area contributed by atoms with Gasteiger partial charge in [0.2, 0.25) is 12.7 Å². The number of benzene rings is 2. The largest absolute Gasteiger partial charge is 0.472 e. The summed E-state index contributed by atoms with van der Waals surface area (Å²) >= 11 is 7.95. The average molecular weight is 1130 g/mol. The van der Waals surface area contributed by atoms with Crippen molar-refractivity contribution in [3.8, 4) is 23.0 Å². The zero-order valence-electron chi connectivity index (χ0n) is 38.7. The van der Waals surface area contributed by atoms with Crippen LogP contribution in [0, 0.1) is 23.5 Å². The maximum atomic E-state index is 15.4. The number of pyridine rings is 1. The molecule has 3 N–H and O–H groups in total. The number of carbonyl (C=O) groups is 3. The van der Waals surface area contributed by atoms with E-state index in [9.17, 15) is 58.3 Å². The molecule has 0 fully saturated rings. The Balaban J connectivity index is 1.57. The van der Waals surface area contributed by atoms with Gasteiger partial charge < -0.3 is 24.6 Å². The molecule has 400 valence electrons. The van der Waals surface area contributed by atoms with Gasteiger partial charge in [-0.2, -0.15) is 49.6 Å². The van der Waals surface area contributed by atoms with Crippen molar-refractivity contribution in [3.63, 3.8) is 0 Å². The number of nitrogens with one attached hydrogen (secondary N) is 1. The summed E-state index contributed by atoms with van der Waals surface area (Å²) in [5.41, 5.74) is -5.44. The smallest absolute Gasteiger partial charge is 0.436 e. The van der Waals surface area contributed by atoms with Gasteiger partial charge in [-0.15, -0.1) is 11.8 Å². The van der Waals surface area contributed by atoms with Gasteiger partial charge in [0, 0.05) is 35.4 Å². The Bertz CT molecular complexity index is 3140. The van der Waals surface area contributed by atoms with Crippen LogP contribution in [0.5, 0.6) is 0 Å². The predicted molar refractivity (Wildman–Crippen MR) is 246 cm³/mol. The molecule has 0 bridgehead atoms. The summed E-state index contributed by atoms with van der Waals surface area (Å²) in [4.78, 5) is 62.1. The first kappa shape index (κ1) is 57.5. The zero-order valence-corrected chi connectivity index (χ0v) is 42.0. The molecular weight excluding hydrogens is 1100 g/mol. The van der Waals surface area contributed by atoms with E-state index < -0.39 is 161 Å². The van der Waals surface area contributed by atoms with Crippen LogP contribution < -0.4 is 9.62 Å². The minimum absolute atomic E-state index is 0.0827. The van der Waals surface area contributed by atoms with Crippen LogP contribution in [0.15, 0.2) is 42.5 Å². The van der Waals surface area contributed by atoms with Gasteiger partial charge in [0.25, 0.3) is 5.92 Å². The number of carbonyl (C=O) groups excluding carboxylic acids is 3. The highest BCUT2D eigenvalue weighted by Gasteiger charge is 2.53. The Morgan fingerprint density at radius 2 is 1.68 bits per heavy atom. The van der Waals surface area contributed by atoms with E-state index in [4.69, 9.17) is 26.1 Å². The first-order valence-electron chi connectivity index (χ1n) is 21.0. The number of hydrogen-bond donors (Lipinski definition) is 3. The van der Waals surface area contributed by atoms with Crippen LogP contribution in [0.3, 0.4) is 0 Å². The Morgan fingerprint density at radius 1 is 1.03 bits per heavy atom. The second-order valence-corrected chi connectivity index (χ2v) is 21.0. The normalized spacial score (nSPS) is 15.5. The SMILES string of the molecule is CSC(C)(C)C#Cc1ccc(-c2ccc(Cl)c3c(N(C(=O)OCC(=O)OCOP(=O)(O)O)S(C)=O)nn(CC(F)(F)F)c23)c(C(Cc2cc(F)cc(F)c2)NC(=O)Cn2nc(C(F)(F)F)c3c2C(F)(F)C[C@@H]3C)n1. The lowest BCUT2D eigenvalue weighted by Crippen LogP contribution is -2.35. The number of halogens is 11. The maximum Gasteiger partial charge on any atom is 0.472 e. The van der Waals surface area contributed by atoms with Crippen molar-refractivity contribution < 1.29 is 90.8 Å². The fraction of sp³-hybridized carbons (Fsp3) is 0.395. The molecule has 6 rings (SSSR count). The van der Waals surface area contributed by atoms with Gasteiger partial charge in [-0.1, -0.05) is 30.5 Å². The molecule has 0 spiro atoms. The lowest BCUT2D eigenvalue weighted by Gasteiger charge is -2.23. The van der Waals surface area contributed by atoms with Gasteiger partial charge in [-0.3, -0.25) is 14.2 Å². The van der Waals surface area contributed by atoms with E-state index in [-0.39, 0.29) is 37.1 Å². The third-order valence-corrected chi connectivity index (χ3v) is 13.4.